The average Bonchev–Trinajstić information content (AvgIpc) is 2.99. The van der Waals surface area contributed by atoms with Crippen molar-refractivity contribution in [1.29, 1.82) is 0 Å². The molecule has 0 radical (unpaired) electrons. The summed E-state index contributed by atoms with van der Waals surface area (Å²) in [6.45, 7) is 6.59. The van der Waals surface area contributed by atoms with Crippen LogP contribution in [0.2, 0.25) is 5.02 Å². The summed E-state index contributed by atoms with van der Waals surface area (Å²) in [5.74, 6) is 0.789. The number of halogens is 1. The van der Waals surface area contributed by atoms with Crippen LogP contribution in [-0.2, 0) is 6.54 Å². The minimum absolute atomic E-state index is 0.160. The van der Waals surface area contributed by atoms with Crippen LogP contribution in [0, 0.1) is 0 Å². The van der Waals surface area contributed by atoms with E-state index in [0.29, 0.717) is 6.54 Å². The average molecular weight is 357 g/mol. The van der Waals surface area contributed by atoms with E-state index >= 15 is 0 Å². The molecule has 2 aromatic heterocycles. The Labute approximate surface area is 150 Å². The highest BCUT2D eigenvalue weighted by Gasteiger charge is 2.18. The van der Waals surface area contributed by atoms with E-state index in [-0.39, 0.29) is 5.25 Å². The van der Waals surface area contributed by atoms with Crippen LogP contribution < -0.4 is 0 Å². The van der Waals surface area contributed by atoms with Crippen molar-refractivity contribution in [2.45, 2.75) is 23.9 Å². The van der Waals surface area contributed by atoms with Gasteiger partial charge in [-0.15, -0.1) is 16.8 Å². The van der Waals surface area contributed by atoms with Crippen molar-refractivity contribution in [2.75, 3.05) is 0 Å². The summed E-state index contributed by atoms with van der Waals surface area (Å²) in [7, 11) is 0. The van der Waals surface area contributed by atoms with E-state index in [0.717, 1.165) is 27.1 Å². The lowest BCUT2D eigenvalue weighted by atomic mass is 10.2. The van der Waals surface area contributed by atoms with Gasteiger partial charge in [0.25, 0.3) is 0 Å². The third-order valence-corrected chi connectivity index (χ3v) is 5.04. The van der Waals surface area contributed by atoms with Crippen molar-refractivity contribution >= 4 is 23.4 Å². The molecule has 0 fully saturated rings. The summed E-state index contributed by atoms with van der Waals surface area (Å²) < 4.78 is 2.04. The van der Waals surface area contributed by atoms with Crippen LogP contribution in [0.5, 0.6) is 0 Å². The topological polar surface area (TPSA) is 43.6 Å². The molecule has 0 spiro atoms. The smallest absolute Gasteiger partial charge is 0.192 e. The Morgan fingerprint density at radius 3 is 2.79 bits per heavy atom. The summed E-state index contributed by atoms with van der Waals surface area (Å²) in [6.07, 6.45) is 5.37. The van der Waals surface area contributed by atoms with Crippen LogP contribution in [0.3, 0.4) is 0 Å². The number of nitrogens with zero attached hydrogens (tertiary/aromatic N) is 4. The molecular weight excluding hydrogens is 340 g/mol. The van der Waals surface area contributed by atoms with Gasteiger partial charge in [0.15, 0.2) is 11.0 Å². The second kappa shape index (κ2) is 7.64. The lowest BCUT2D eigenvalue weighted by molar-refractivity contribution is 0.728. The normalized spacial score (nSPS) is 12.1. The molecule has 122 valence electrons. The highest BCUT2D eigenvalue weighted by atomic mass is 35.5. The molecule has 1 atom stereocenters. The molecule has 0 aliphatic rings. The molecule has 24 heavy (non-hydrogen) atoms. The maximum absolute atomic E-state index is 6.31. The summed E-state index contributed by atoms with van der Waals surface area (Å²) in [4.78, 5) is 4.16. The minimum atomic E-state index is 0.160. The van der Waals surface area contributed by atoms with E-state index in [4.69, 9.17) is 11.6 Å². The van der Waals surface area contributed by atoms with Crippen molar-refractivity contribution in [3.8, 4) is 11.4 Å². The molecule has 0 bridgehead atoms. The Morgan fingerprint density at radius 1 is 1.25 bits per heavy atom. The van der Waals surface area contributed by atoms with Gasteiger partial charge in [0, 0.05) is 34.8 Å². The number of allylic oxidation sites excluding steroid dienone is 1. The monoisotopic (exact) mass is 356 g/mol. The van der Waals surface area contributed by atoms with E-state index in [1.165, 1.54) is 0 Å². The van der Waals surface area contributed by atoms with Gasteiger partial charge < -0.3 is 0 Å². The highest BCUT2D eigenvalue weighted by molar-refractivity contribution is 7.99. The molecule has 2 heterocycles. The molecule has 0 aliphatic heterocycles. The Balaban J connectivity index is 1.92. The highest BCUT2D eigenvalue weighted by Crippen LogP contribution is 2.38. The first kappa shape index (κ1) is 16.7. The summed E-state index contributed by atoms with van der Waals surface area (Å²) in [5.41, 5.74) is 2.02. The van der Waals surface area contributed by atoms with Crippen molar-refractivity contribution in [3.05, 3.63) is 72.0 Å². The van der Waals surface area contributed by atoms with Gasteiger partial charge in [-0.3, -0.25) is 9.55 Å². The molecule has 6 heteroatoms. The van der Waals surface area contributed by atoms with Gasteiger partial charge >= 0.3 is 0 Å². The zero-order chi connectivity index (χ0) is 16.9. The van der Waals surface area contributed by atoms with Crippen molar-refractivity contribution in [3.63, 3.8) is 0 Å². The van der Waals surface area contributed by atoms with Crippen LogP contribution in [-0.4, -0.2) is 19.7 Å². The number of hydrogen-bond acceptors (Lipinski definition) is 4. The second-order valence-corrected chi connectivity index (χ2v) is 6.94. The SMILES string of the molecule is C=CCn1c(SC(C)c2ccccc2Cl)nnc1-c1cccnc1. The molecule has 3 aromatic rings. The molecule has 0 saturated carbocycles. The lowest BCUT2D eigenvalue weighted by Crippen LogP contribution is -2.02. The van der Waals surface area contributed by atoms with Crippen molar-refractivity contribution in [2.24, 2.45) is 0 Å². The lowest BCUT2D eigenvalue weighted by Gasteiger charge is -2.14. The largest absolute Gasteiger partial charge is 0.298 e. The molecule has 0 saturated heterocycles. The van der Waals surface area contributed by atoms with Crippen LogP contribution in [0.4, 0.5) is 0 Å². The Bertz CT molecular complexity index is 832. The van der Waals surface area contributed by atoms with Gasteiger partial charge in [-0.25, -0.2) is 0 Å². The summed E-state index contributed by atoms with van der Waals surface area (Å²) >= 11 is 7.94. The Kier molecular flexibility index (Phi) is 5.33. The predicted octanol–water partition coefficient (Wildman–Crippen LogP) is 5.03. The van der Waals surface area contributed by atoms with E-state index in [9.17, 15) is 0 Å². The van der Waals surface area contributed by atoms with Crippen LogP contribution in [0.25, 0.3) is 11.4 Å². The maximum Gasteiger partial charge on any atom is 0.192 e. The zero-order valence-electron chi connectivity index (χ0n) is 13.3. The fraction of sp³-hybridized carbons (Fsp3) is 0.167. The quantitative estimate of drug-likeness (QED) is 0.458. The maximum atomic E-state index is 6.31. The van der Waals surface area contributed by atoms with E-state index < -0.39 is 0 Å². The number of hydrogen-bond donors (Lipinski definition) is 0. The van der Waals surface area contributed by atoms with Gasteiger partial charge in [-0.05, 0) is 30.7 Å². The van der Waals surface area contributed by atoms with Gasteiger partial charge in [0.2, 0.25) is 0 Å². The first-order chi connectivity index (χ1) is 11.7. The van der Waals surface area contributed by atoms with Crippen LogP contribution in [0.1, 0.15) is 17.7 Å². The van der Waals surface area contributed by atoms with Gasteiger partial charge in [-0.2, -0.15) is 0 Å². The molecular formula is C18H17ClN4S. The van der Waals surface area contributed by atoms with E-state index in [1.54, 1.807) is 24.2 Å². The van der Waals surface area contributed by atoms with Crippen LogP contribution >= 0.6 is 23.4 Å². The third-order valence-electron chi connectivity index (χ3n) is 3.57. The molecule has 0 N–H and O–H groups in total. The second-order valence-electron chi connectivity index (χ2n) is 5.23. The molecule has 0 aliphatic carbocycles. The Morgan fingerprint density at radius 2 is 2.08 bits per heavy atom. The van der Waals surface area contributed by atoms with E-state index in [1.807, 2.05) is 47.0 Å². The molecule has 1 unspecified atom stereocenters. The molecule has 3 rings (SSSR count). The zero-order valence-corrected chi connectivity index (χ0v) is 14.8. The summed E-state index contributed by atoms with van der Waals surface area (Å²) in [6, 6.07) is 11.7. The number of thioether (sulfide) groups is 1. The summed E-state index contributed by atoms with van der Waals surface area (Å²) in [5, 5.41) is 10.5. The van der Waals surface area contributed by atoms with Crippen LogP contribution in [0.15, 0.2) is 66.6 Å². The predicted molar refractivity (Wildman–Crippen MR) is 99.2 cm³/mol. The fourth-order valence-electron chi connectivity index (χ4n) is 2.40. The van der Waals surface area contributed by atoms with Gasteiger partial charge in [0.05, 0.1) is 0 Å². The first-order valence-electron chi connectivity index (χ1n) is 7.56. The third kappa shape index (κ3) is 3.52. The van der Waals surface area contributed by atoms with Crippen molar-refractivity contribution in [1.82, 2.24) is 19.7 Å². The van der Waals surface area contributed by atoms with Gasteiger partial charge in [-0.1, -0.05) is 47.6 Å². The first-order valence-corrected chi connectivity index (χ1v) is 8.82. The molecule has 0 amide bonds. The van der Waals surface area contributed by atoms with Crippen molar-refractivity contribution < 1.29 is 0 Å². The number of aromatic nitrogens is 4. The fourth-order valence-corrected chi connectivity index (χ4v) is 3.79. The standard InChI is InChI=1S/C18H17ClN4S/c1-3-11-23-17(14-7-6-10-20-12-14)21-22-18(23)24-13(2)15-8-4-5-9-16(15)19/h3-10,12-13H,1,11H2,2H3. The Hall–Kier alpha value is -2.11. The molecule has 4 nitrogen and oxygen atoms in total. The van der Waals surface area contributed by atoms with Gasteiger partial charge in [0.1, 0.15) is 0 Å². The minimum Gasteiger partial charge on any atom is -0.298 e. The number of rotatable bonds is 6. The molecule has 1 aromatic carbocycles. The van der Waals surface area contributed by atoms with E-state index in [2.05, 4.69) is 28.7 Å². The number of pyridine rings is 1. The number of benzene rings is 1.